The Kier molecular flexibility index (Phi) is 5.35. The smallest absolute Gasteiger partial charge is 0.342 e. The van der Waals surface area contributed by atoms with Crippen molar-refractivity contribution in [3.8, 4) is 5.69 Å². The summed E-state index contributed by atoms with van der Waals surface area (Å²) in [5.74, 6) is -1.09. The molecule has 31 heavy (non-hydrogen) atoms. The number of para-hydroxylation sites is 2. The van der Waals surface area contributed by atoms with Crippen LogP contribution in [0.25, 0.3) is 22.9 Å². The second kappa shape index (κ2) is 8.11. The molecule has 9 heteroatoms. The molecule has 0 amide bonds. The third-order valence-electron chi connectivity index (χ3n) is 4.76. The number of hydrogen-bond acceptors (Lipinski definition) is 6. The van der Waals surface area contributed by atoms with Crippen molar-refractivity contribution in [3.63, 3.8) is 0 Å². The van der Waals surface area contributed by atoms with E-state index in [4.69, 9.17) is 4.42 Å². The van der Waals surface area contributed by atoms with E-state index in [0.717, 1.165) is 34.4 Å². The molecule has 156 valence electrons. The Morgan fingerprint density at radius 2 is 1.90 bits per heavy atom. The summed E-state index contributed by atoms with van der Waals surface area (Å²) in [7, 11) is 0. The summed E-state index contributed by atoms with van der Waals surface area (Å²) in [6, 6.07) is 15.3. The number of non-ortho nitro benzene ring substituents is 1. The van der Waals surface area contributed by atoms with E-state index >= 15 is 0 Å². The van der Waals surface area contributed by atoms with Crippen LogP contribution in [0, 0.1) is 24.0 Å². The number of benzene rings is 2. The lowest BCUT2D eigenvalue weighted by Gasteiger charge is -2.09. The SMILES string of the molecule is Cc1cc(/C=C(\Sc2nc3ccccc3o2)C(=O)O)c(C)n1-c1ccc([N+](=O)[O-])cc1. The Morgan fingerprint density at radius 1 is 1.19 bits per heavy atom. The van der Waals surface area contributed by atoms with Gasteiger partial charge in [0.25, 0.3) is 10.9 Å². The van der Waals surface area contributed by atoms with Crippen LogP contribution < -0.4 is 0 Å². The molecule has 4 rings (SSSR count). The Morgan fingerprint density at radius 3 is 2.55 bits per heavy atom. The molecule has 0 saturated carbocycles. The van der Waals surface area contributed by atoms with Gasteiger partial charge in [-0.1, -0.05) is 12.1 Å². The molecule has 0 atom stereocenters. The van der Waals surface area contributed by atoms with Crippen molar-refractivity contribution < 1.29 is 19.2 Å². The minimum absolute atomic E-state index is 0.00855. The fraction of sp³-hybridized carbons (Fsp3) is 0.0909. The average Bonchev–Trinajstić information content (AvgIpc) is 3.27. The van der Waals surface area contributed by atoms with E-state index in [9.17, 15) is 20.0 Å². The van der Waals surface area contributed by atoms with Crippen LogP contribution in [0.3, 0.4) is 0 Å². The zero-order valence-corrected chi connectivity index (χ0v) is 17.4. The Bertz CT molecular complexity index is 1300. The number of hydrogen-bond donors (Lipinski definition) is 1. The van der Waals surface area contributed by atoms with Crippen LogP contribution in [0.4, 0.5) is 5.69 Å². The molecule has 2 heterocycles. The standard InChI is InChI=1S/C22H17N3O5S/c1-13-11-15(14(2)24(13)16-7-9-17(10-8-16)25(28)29)12-20(21(26)27)31-22-23-18-5-3-4-6-19(18)30-22/h3-12H,1-2H3,(H,26,27)/b20-12-. The van der Waals surface area contributed by atoms with Gasteiger partial charge in [0, 0.05) is 29.2 Å². The van der Waals surface area contributed by atoms with Crippen LogP contribution >= 0.6 is 11.8 Å². The van der Waals surface area contributed by atoms with Crippen molar-refractivity contribution in [1.29, 1.82) is 0 Å². The first-order valence-electron chi connectivity index (χ1n) is 9.25. The normalized spacial score (nSPS) is 11.7. The van der Waals surface area contributed by atoms with Crippen molar-refractivity contribution in [2.75, 3.05) is 0 Å². The first-order valence-corrected chi connectivity index (χ1v) is 10.1. The van der Waals surface area contributed by atoms with Gasteiger partial charge in [-0.05, 0) is 67.6 Å². The number of nitro groups is 1. The molecule has 0 aliphatic rings. The molecule has 0 fully saturated rings. The van der Waals surface area contributed by atoms with Crippen molar-refractivity contribution in [3.05, 3.63) is 86.6 Å². The number of aromatic nitrogens is 2. The lowest BCUT2D eigenvalue weighted by molar-refractivity contribution is -0.384. The molecule has 0 radical (unpaired) electrons. The predicted molar refractivity (Wildman–Crippen MR) is 117 cm³/mol. The number of oxazole rings is 1. The first kappa shape index (κ1) is 20.4. The fourth-order valence-corrected chi connectivity index (χ4v) is 4.06. The number of thioether (sulfide) groups is 1. The van der Waals surface area contributed by atoms with Gasteiger partial charge in [-0.3, -0.25) is 10.1 Å². The molecular weight excluding hydrogens is 418 g/mol. The van der Waals surface area contributed by atoms with Gasteiger partial charge < -0.3 is 14.1 Å². The summed E-state index contributed by atoms with van der Waals surface area (Å²) >= 11 is 0.942. The minimum atomic E-state index is -1.09. The lowest BCUT2D eigenvalue weighted by atomic mass is 10.2. The van der Waals surface area contributed by atoms with E-state index in [0.29, 0.717) is 11.1 Å². The van der Waals surface area contributed by atoms with Gasteiger partial charge in [-0.15, -0.1) is 0 Å². The monoisotopic (exact) mass is 435 g/mol. The summed E-state index contributed by atoms with van der Waals surface area (Å²) in [5.41, 5.74) is 4.41. The number of fused-ring (bicyclic) bond motifs is 1. The van der Waals surface area contributed by atoms with Crippen molar-refractivity contribution in [1.82, 2.24) is 9.55 Å². The maximum absolute atomic E-state index is 11.9. The highest BCUT2D eigenvalue weighted by molar-refractivity contribution is 8.03. The van der Waals surface area contributed by atoms with Crippen LogP contribution in [-0.4, -0.2) is 25.6 Å². The topological polar surface area (TPSA) is 111 Å². The fourth-order valence-electron chi connectivity index (χ4n) is 3.32. The molecule has 1 N–H and O–H groups in total. The number of carboxylic acid groups (broad SMARTS) is 1. The van der Waals surface area contributed by atoms with Gasteiger partial charge in [0.1, 0.15) is 10.4 Å². The van der Waals surface area contributed by atoms with E-state index in [-0.39, 0.29) is 15.8 Å². The van der Waals surface area contributed by atoms with E-state index in [1.54, 1.807) is 30.3 Å². The number of carboxylic acids is 1. The van der Waals surface area contributed by atoms with E-state index in [2.05, 4.69) is 4.98 Å². The summed E-state index contributed by atoms with van der Waals surface area (Å²) < 4.78 is 7.55. The van der Waals surface area contributed by atoms with Crippen LogP contribution in [0.15, 0.2) is 69.1 Å². The number of aliphatic carboxylic acids is 1. The summed E-state index contributed by atoms with van der Waals surface area (Å²) in [6.07, 6.45) is 1.58. The lowest BCUT2D eigenvalue weighted by Crippen LogP contribution is -2.00. The van der Waals surface area contributed by atoms with Crippen LogP contribution in [-0.2, 0) is 4.79 Å². The van der Waals surface area contributed by atoms with Crippen molar-refractivity contribution in [2.45, 2.75) is 19.1 Å². The Labute approximate surface area is 181 Å². The average molecular weight is 435 g/mol. The maximum Gasteiger partial charge on any atom is 0.342 e. The van der Waals surface area contributed by atoms with E-state index < -0.39 is 10.9 Å². The van der Waals surface area contributed by atoms with Gasteiger partial charge in [-0.25, -0.2) is 9.78 Å². The highest BCUT2D eigenvalue weighted by Crippen LogP contribution is 2.32. The van der Waals surface area contributed by atoms with Gasteiger partial charge >= 0.3 is 5.97 Å². The Hall–Kier alpha value is -3.85. The van der Waals surface area contributed by atoms with Gasteiger partial charge in [0.15, 0.2) is 5.58 Å². The second-order valence-electron chi connectivity index (χ2n) is 6.80. The van der Waals surface area contributed by atoms with Gasteiger partial charge in [0.05, 0.1) is 4.92 Å². The number of nitrogens with zero attached hydrogens (tertiary/aromatic N) is 3. The number of carbonyl (C=O) groups is 1. The molecule has 0 aliphatic heterocycles. The summed E-state index contributed by atoms with van der Waals surface area (Å²) in [5, 5.41) is 20.9. The largest absolute Gasteiger partial charge is 0.477 e. The zero-order valence-electron chi connectivity index (χ0n) is 16.6. The molecule has 0 saturated heterocycles. The molecule has 2 aromatic carbocycles. The third kappa shape index (κ3) is 4.08. The predicted octanol–water partition coefficient (Wildman–Crippen LogP) is 5.36. The van der Waals surface area contributed by atoms with Crippen LogP contribution in [0.5, 0.6) is 0 Å². The molecule has 4 aromatic rings. The number of aryl methyl sites for hydroxylation is 1. The van der Waals surface area contributed by atoms with Gasteiger partial charge in [0.2, 0.25) is 0 Å². The number of rotatable bonds is 6. The molecule has 0 unspecified atom stereocenters. The van der Waals surface area contributed by atoms with E-state index in [1.807, 2.05) is 36.6 Å². The highest BCUT2D eigenvalue weighted by Gasteiger charge is 2.17. The zero-order chi connectivity index (χ0) is 22.1. The number of nitro benzene ring substituents is 1. The minimum Gasteiger partial charge on any atom is -0.477 e. The molecule has 2 aromatic heterocycles. The first-order chi connectivity index (χ1) is 14.8. The second-order valence-corrected chi connectivity index (χ2v) is 7.79. The molecule has 0 bridgehead atoms. The third-order valence-corrected chi connectivity index (χ3v) is 5.62. The van der Waals surface area contributed by atoms with Crippen LogP contribution in [0.1, 0.15) is 17.0 Å². The highest BCUT2D eigenvalue weighted by atomic mass is 32.2. The maximum atomic E-state index is 11.9. The summed E-state index contributed by atoms with van der Waals surface area (Å²) in [4.78, 5) is 26.7. The molecule has 8 nitrogen and oxygen atoms in total. The van der Waals surface area contributed by atoms with E-state index in [1.165, 1.54) is 12.1 Å². The van der Waals surface area contributed by atoms with Crippen molar-refractivity contribution >= 4 is 40.6 Å². The van der Waals surface area contributed by atoms with Crippen molar-refractivity contribution in [2.24, 2.45) is 0 Å². The Balaban J connectivity index is 1.69. The quantitative estimate of drug-likeness (QED) is 0.188. The van der Waals surface area contributed by atoms with Gasteiger partial charge in [-0.2, -0.15) is 0 Å². The molecule has 0 spiro atoms. The molecule has 0 aliphatic carbocycles. The molecular formula is C22H17N3O5S. The summed E-state index contributed by atoms with van der Waals surface area (Å²) in [6.45, 7) is 3.75. The van der Waals surface area contributed by atoms with Crippen LogP contribution in [0.2, 0.25) is 0 Å².